The van der Waals surface area contributed by atoms with E-state index in [1.807, 2.05) is 0 Å². The Morgan fingerprint density at radius 2 is 1.71 bits per heavy atom. The van der Waals surface area contributed by atoms with Crippen LogP contribution >= 0.6 is 0 Å². The van der Waals surface area contributed by atoms with Crippen molar-refractivity contribution in [2.45, 2.75) is 6.92 Å². The molecular formula is C13H9F3O. The summed E-state index contributed by atoms with van der Waals surface area (Å²) in [6.07, 6.45) is 0. The summed E-state index contributed by atoms with van der Waals surface area (Å²) in [6, 6.07) is 5.41. The lowest BCUT2D eigenvalue weighted by molar-refractivity contribution is 0.469. The lowest BCUT2D eigenvalue weighted by atomic mass is 10.0. The Morgan fingerprint density at radius 3 is 2.35 bits per heavy atom. The summed E-state index contributed by atoms with van der Waals surface area (Å²) in [5.41, 5.74) is -0.155. The Kier molecular flexibility index (Phi) is 2.79. The Balaban J connectivity index is 2.72. The highest BCUT2D eigenvalue weighted by atomic mass is 19.1. The number of phenolic OH excluding ortho intramolecular Hbond substituents is 1. The summed E-state index contributed by atoms with van der Waals surface area (Å²) in [6.45, 7) is 1.48. The van der Waals surface area contributed by atoms with Gasteiger partial charge in [0.1, 0.15) is 23.2 Å². The molecule has 0 aromatic heterocycles. The standard InChI is InChI=1S/C13H9F3O/c1-7-2-5-10(15)12(13(7)16)9-4-3-8(14)6-11(9)17/h2-6,17H,1H3. The second kappa shape index (κ2) is 4.13. The van der Waals surface area contributed by atoms with Gasteiger partial charge in [-0.2, -0.15) is 0 Å². The molecule has 0 aliphatic carbocycles. The summed E-state index contributed by atoms with van der Waals surface area (Å²) < 4.78 is 40.1. The van der Waals surface area contributed by atoms with Crippen LogP contribution in [-0.2, 0) is 0 Å². The minimum atomic E-state index is -0.796. The second-order valence-electron chi connectivity index (χ2n) is 3.71. The minimum Gasteiger partial charge on any atom is -0.507 e. The first-order valence-electron chi connectivity index (χ1n) is 4.94. The second-order valence-corrected chi connectivity index (χ2v) is 3.71. The van der Waals surface area contributed by atoms with Gasteiger partial charge in [0.15, 0.2) is 0 Å². The molecule has 0 radical (unpaired) electrons. The molecule has 0 saturated carbocycles. The van der Waals surface area contributed by atoms with Crippen LogP contribution in [0.15, 0.2) is 30.3 Å². The van der Waals surface area contributed by atoms with Crippen LogP contribution in [0.3, 0.4) is 0 Å². The molecule has 0 aliphatic heterocycles. The van der Waals surface area contributed by atoms with Crippen molar-refractivity contribution in [3.05, 3.63) is 53.3 Å². The Hall–Kier alpha value is -1.97. The zero-order valence-corrected chi connectivity index (χ0v) is 8.97. The van der Waals surface area contributed by atoms with Crippen molar-refractivity contribution in [2.24, 2.45) is 0 Å². The van der Waals surface area contributed by atoms with Crippen molar-refractivity contribution in [1.82, 2.24) is 0 Å². The lowest BCUT2D eigenvalue weighted by Gasteiger charge is -2.09. The Bertz CT molecular complexity index is 579. The van der Waals surface area contributed by atoms with Crippen molar-refractivity contribution >= 4 is 0 Å². The zero-order chi connectivity index (χ0) is 12.6. The van der Waals surface area contributed by atoms with Crippen LogP contribution in [0.4, 0.5) is 13.2 Å². The molecular weight excluding hydrogens is 229 g/mol. The van der Waals surface area contributed by atoms with Gasteiger partial charge in [0.2, 0.25) is 0 Å². The van der Waals surface area contributed by atoms with Gasteiger partial charge in [0.25, 0.3) is 0 Å². The largest absolute Gasteiger partial charge is 0.507 e. The summed E-state index contributed by atoms with van der Waals surface area (Å²) in [7, 11) is 0. The molecule has 2 rings (SSSR count). The quantitative estimate of drug-likeness (QED) is 0.801. The van der Waals surface area contributed by atoms with E-state index < -0.39 is 23.2 Å². The van der Waals surface area contributed by atoms with E-state index in [0.29, 0.717) is 0 Å². The Morgan fingerprint density at radius 1 is 1.00 bits per heavy atom. The first-order valence-corrected chi connectivity index (χ1v) is 4.94. The molecule has 1 N–H and O–H groups in total. The number of benzene rings is 2. The third kappa shape index (κ3) is 1.98. The van der Waals surface area contributed by atoms with E-state index in [2.05, 4.69) is 0 Å². The smallest absolute Gasteiger partial charge is 0.137 e. The van der Waals surface area contributed by atoms with E-state index in [4.69, 9.17) is 0 Å². The number of hydrogen-bond donors (Lipinski definition) is 1. The summed E-state index contributed by atoms with van der Waals surface area (Å²) in [5.74, 6) is -2.71. The number of hydrogen-bond acceptors (Lipinski definition) is 1. The van der Waals surface area contributed by atoms with Crippen LogP contribution in [0, 0.1) is 24.4 Å². The molecule has 0 fully saturated rings. The average Bonchev–Trinajstić information content (AvgIpc) is 2.27. The Labute approximate surface area is 96.1 Å². The summed E-state index contributed by atoms with van der Waals surface area (Å²) in [4.78, 5) is 0. The molecule has 88 valence electrons. The number of rotatable bonds is 1. The van der Waals surface area contributed by atoms with Crippen molar-refractivity contribution in [1.29, 1.82) is 0 Å². The number of aromatic hydroxyl groups is 1. The average molecular weight is 238 g/mol. The monoisotopic (exact) mass is 238 g/mol. The predicted octanol–water partition coefficient (Wildman–Crippen LogP) is 3.78. The van der Waals surface area contributed by atoms with E-state index in [9.17, 15) is 18.3 Å². The SMILES string of the molecule is Cc1ccc(F)c(-c2ccc(F)cc2O)c1F. The molecule has 0 heterocycles. The van der Waals surface area contributed by atoms with Crippen molar-refractivity contribution in [3.63, 3.8) is 0 Å². The maximum absolute atomic E-state index is 13.8. The molecule has 0 bridgehead atoms. The topological polar surface area (TPSA) is 20.2 Å². The number of phenols is 1. The summed E-state index contributed by atoms with van der Waals surface area (Å²) in [5, 5.41) is 9.51. The molecule has 4 heteroatoms. The van der Waals surface area contributed by atoms with Gasteiger partial charge in [-0.1, -0.05) is 6.07 Å². The van der Waals surface area contributed by atoms with E-state index >= 15 is 0 Å². The molecule has 0 amide bonds. The molecule has 0 unspecified atom stereocenters. The fraction of sp³-hybridized carbons (Fsp3) is 0.0769. The highest BCUT2D eigenvalue weighted by Gasteiger charge is 2.16. The number of aryl methyl sites for hydroxylation is 1. The van der Waals surface area contributed by atoms with Crippen LogP contribution in [-0.4, -0.2) is 5.11 Å². The highest BCUT2D eigenvalue weighted by molar-refractivity contribution is 5.71. The normalized spacial score (nSPS) is 10.6. The minimum absolute atomic E-state index is 0.0647. The van der Waals surface area contributed by atoms with Gasteiger partial charge >= 0.3 is 0 Å². The van der Waals surface area contributed by atoms with Gasteiger partial charge in [-0.15, -0.1) is 0 Å². The molecule has 0 aliphatic rings. The molecule has 2 aromatic rings. The van der Waals surface area contributed by atoms with Crippen LogP contribution in [0.2, 0.25) is 0 Å². The van der Waals surface area contributed by atoms with Gasteiger partial charge in [0.05, 0.1) is 5.56 Å². The van der Waals surface area contributed by atoms with Gasteiger partial charge in [0, 0.05) is 11.6 Å². The van der Waals surface area contributed by atoms with Crippen LogP contribution < -0.4 is 0 Å². The van der Waals surface area contributed by atoms with Crippen LogP contribution in [0.5, 0.6) is 5.75 Å². The fourth-order valence-corrected chi connectivity index (χ4v) is 1.62. The first kappa shape index (κ1) is 11.5. The van der Waals surface area contributed by atoms with Gasteiger partial charge in [-0.3, -0.25) is 0 Å². The van der Waals surface area contributed by atoms with Crippen molar-refractivity contribution in [3.8, 4) is 16.9 Å². The number of halogens is 3. The zero-order valence-electron chi connectivity index (χ0n) is 8.97. The van der Waals surface area contributed by atoms with Crippen molar-refractivity contribution in [2.75, 3.05) is 0 Å². The third-order valence-corrected chi connectivity index (χ3v) is 2.51. The molecule has 0 saturated heterocycles. The van der Waals surface area contributed by atoms with Crippen LogP contribution in [0.25, 0.3) is 11.1 Å². The first-order chi connectivity index (χ1) is 8.00. The molecule has 2 aromatic carbocycles. The van der Waals surface area contributed by atoms with Gasteiger partial charge in [-0.05, 0) is 30.7 Å². The summed E-state index contributed by atoms with van der Waals surface area (Å²) >= 11 is 0. The fourth-order valence-electron chi connectivity index (χ4n) is 1.62. The van der Waals surface area contributed by atoms with E-state index in [0.717, 1.165) is 24.3 Å². The van der Waals surface area contributed by atoms with E-state index in [1.165, 1.54) is 13.0 Å². The molecule has 0 atom stereocenters. The third-order valence-electron chi connectivity index (χ3n) is 2.51. The highest BCUT2D eigenvalue weighted by Crippen LogP contribution is 2.34. The molecule has 0 spiro atoms. The lowest BCUT2D eigenvalue weighted by Crippen LogP contribution is -1.94. The van der Waals surface area contributed by atoms with Gasteiger partial charge in [-0.25, -0.2) is 13.2 Å². The maximum atomic E-state index is 13.8. The molecule has 1 nitrogen and oxygen atoms in total. The van der Waals surface area contributed by atoms with E-state index in [1.54, 1.807) is 0 Å². The molecule has 17 heavy (non-hydrogen) atoms. The van der Waals surface area contributed by atoms with E-state index in [-0.39, 0.29) is 16.7 Å². The maximum Gasteiger partial charge on any atom is 0.137 e. The van der Waals surface area contributed by atoms with Crippen LogP contribution in [0.1, 0.15) is 5.56 Å². The van der Waals surface area contributed by atoms with Gasteiger partial charge < -0.3 is 5.11 Å². The predicted molar refractivity (Wildman–Crippen MR) is 58.2 cm³/mol. The van der Waals surface area contributed by atoms with Crippen molar-refractivity contribution < 1.29 is 18.3 Å².